The Balaban J connectivity index is 1.82. The maximum absolute atomic E-state index is 12.2. The molecule has 0 amide bonds. The number of ether oxygens (including phenoxy) is 2. The molecular formula is C36H32O3P+. The third-order valence-electron chi connectivity index (χ3n) is 7.06. The Hall–Kier alpha value is -4.46. The molecule has 5 rings (SSSR count). The zero-order valence-electron chi connectivity index (χ0n) is 22.7. The number of carbonyl (C=O) groups is 1. The third kappa shape index (κ3) is 5.34. The van der Waals surface area contributed by atoms with E-state index >= 15 is 0 Å². The van der Waals surface area contributed by atoms with Crippen molar-refractivity contribution in [2.45, 2.75) is 12.6 Å². The zero-order chi connectivity index (χ0) is 28.0. The molecule has 0 bridgehead atoms. The molecule has 0 fully saturated rings. The van der Waals surface area contributed by atoms with Crippen LogP contribution in [-0.2, 0) is 4.79 Å². The maximum atomic E-state index is 12.2. The van der Waals surface area contributed by atoms with Crippen molar-refractivity contribution >= 4 is 29.1 Å². The average Bonchev–Trinajstić information content (AvgIpc) is 3.02. The van der Waals surface area contributed by atoms with Crippen LogP contribution in [0.2, 0.25) is 0 Å². The highest BCUT2D eigenvalue weighted by Crippen LogP contribution is 2.69. The predicted molar refractivity (Wildman–Crippen MR) is 167 cm³/mol. The minimum absolute atomic E-state index is 0.0310. The summed E-state index contributed by atoms with van der Waals surface area (Å²) in [5, 5.41) is 3.85. The first kappa shape index (κ1) is 27.1. The second kappa shape index (κ2) is 12.2. The smallest absolute Gasteiger partial charge is 0.338 e. The summed E-state index contributed by atoms with van der Waals surface area (Å²) < 4.78 is 11.1. The van der Waals surface area contributed by atoms with Gasteiger partial charge in [0.25, 0.3) is 0 Å². The van der Waals surface area contributed by atoms with Gasteiger partial charge in [0.2, 0.25) is 0 Å². The lowest BCUT2D eigenvalue weighted by atomic mass is 10.0. The Morgan fingerprint density at radius 3 is 1.32 bits per heavy atom. The minimum atomic E-state index is -2.35. The van der Waals surface area contributed by atoms with Gasteiger partial charge >= 0.3 is 5.97 Å². The van der Waals surface area contributed by atoms with E-state index in [1.807, 2.05) is 24.3 Å². The van der Waals surface area contributed by atoms with Gasteiger partial charge in [-0.25, -0.2) is 4.79 Å². The monoisotopic (exact) mass is 543 g/mol. The molecule has 0 saturated carbocycles. The molecule has 3 nitrogen and oxygen atoms in total. The van der Waals surface area contributed by atoms with Gasteiger partial charge < -0.3 is 9.47 Å². The molecule has 0 heterocycles. The highest BCUT2D eigenvalue weighted by Gasteiger charge is 2.53. The van der Waals surface area contributed by atoms with E-state index < -0.39 is 13.2 Å². The topological polar surface area (TPSA) is 35.5 Å². The van der Waals surface area contributed by atoms with Crippen LogP contribution in [0.1, 0.15) is 23.7 Å². The molecule has 4 heteroatoms. The maximum Gasteiger partial charge on any atom is 0.338 e. The highest BCUT2D eigenvalue weighted by molar-refractivity contribution is 7.96. The van der Waals surface area contributed by atoms with Gasteiger partial charge in [-0.05, 0) is 78.7 Å². The number of carbonyl (C=O) groups excluding carboxylic acids is 1. The van der Waals surface area contributed by atoms with E-state index in [2.05, 4.69) is 122 Å². The lowest BCUT2D eigenvalue weighted by Gasteiger charge is -2.35. The van der Waals surface area contributed by atoms with Gasteiger partial charge in [0, 0.05) is 5.57 Å². The fraction of sp³-hybridized carbons (Fsp3) is 0.0833. The molecule has 0 N–H and O–H groups in total. The second-order valence-corrected chi connectivity index (χ2v) is 13.2. The largest absolute Gasteiger partial charge is 0.497 e. The second-order valence-electron chi connectivity index (χ2n) is 9.64. The first-order valence-electron chi connectivity index (χ1n) is 13.2. The number of methoxy groups -OCH3 is 1. The van der Waals surface area contributed by atoms with Crippen molar-refractivity contribution in [3.8, 4) is 11.5 Å². The Morgan fingerprint density at radius 1 is 0.600 bits per heavy atom. The zero-order valence-corrected chi connectivity index (χ0v) is 23.6. The summed E-state index contributed by atoms with van der Waals surface area (Å²) in [7, 11) is -0.665. The van der Waals surface area contributed by atoms with E-state index in [0.717, 1.165) is 11.3 Å². The molecule has 0 aliphatic rings. The fourth-order valence-corrected chi connectivity index (χ4v) is 10.2. The van der Waals surface area contributed by atoms with Crippen LogP contribution in [0.4, 0.5) is 0 Å². The van der Waals surface area contributed by atoms with E-state index in [0.29, 0.717) is 11.3 Å². The number of benzene rings is 5. The van der Waals surface area contributed by atoms with Crippen molar-refractivity contribution in [2.75, 3.05) is 7.11 Å². The van der Waals surface area contributed by atoms with Crippen LogP contribution in [0.15, 0.2) is 152 Å². The summed E-state index contributed by atoms with van der Waals surface area (Å²) in [6.07, 6.45) is 0. The molecule has 40 heavy (non-hydrogen) atoms. The lowest BCUT2D eigenvalue weighted by Crippen LogP contribution is -2.35. The SMILES string of the molecule is C=C(C)C(=O)Oc1ccc(C(c2ccc(OC)cc2)[P+](c2ccccc2)(c2ccccc2)c2ccccc2)cc1. The van der Waals surface area contributed by atoms with Crippen molar-refractivity contribution in [1.82, 2.24) is 0 Å². The minimum Gasteiger partial charge on any atom is -0.497 e. The molecule has 0 aromatic heterocycles. The van der Waals surface area contributed by atoms with Gasteiger partial charge in [-0.2, -0.15) is 0 Å². The number of rotatable bonds is 9. The van der Waals surface area contributed by atoms with Gasteiger partial charge in [0.05, 0.1) is 7.11 Å². The van der Waals surface area contributed by atoms with Crippen molar-refractivity contribution in [2.24, 2.45) is 0 Å². The van der Waals surface area contributed by atoms with E-state index in [1.165, 1.54) is 21.5 Å². The average molecular weight is 544 g/mol. The molecule has 198 valence electrons. The van der Waals surface area contributed by atoms with Gasteiger partial charge in [-0.15, -0.1) is 0 Å². The number of hydrogen-bond donors (Lipinski definition) is 0. The van der Waals surface area contributed by atoms with E-state index in [-0.39, 0.29) is 5.66 Å². The van der Waals surface area contributed by atoms with E-state index in [9.17, 15) is 4.79 Å². The highest BCUT2D eigenvalue weighted by atomic mass is 31.2. The molecule has 5 aromatic rings. The Morgan fingerprint density at radius 2 is 0.975 bits per heavy atom. The number of hydrogen-bond acceptors (Lipinski definition) is 3. The molecule has 0 aliphatic carbocycles. The molecule has 0 spiro atoms. The summed E-state index contributed by atoms with van der Waals surface area (Å²) in [5.41, 5.74) is 2.64. The molecule has 0 aliphatic heterocycles. The Labute approximate surface area is 237 Å². The number of esters is 1. The van der Waals surface area contributed by atoms with Gasteiger partial charge in [-0.3, -0.25) is 0 Å². The van der Waals surface area contributed by atoms with Gasteiger partial charge in [0.1, 0.15) is 40.3 Å². The van der Waals surface area contributed by atoms with E-state index in [1.54, 1.807) is 14.0 Å². The first-order valence-corrected chi connectivity index (χ1v) is 15.1. The van der Waals surface area contributed by atoms with Crippen LogP contribution in [0.5, 0.6) is 11.5 Å². The quantitative estimate of drug-likeness (QED) is 0.0850. The predicted octanol–water partition coefficient (Wildman–Crippen LogP) is 7.26. The summed E-state index contributed by atoms with van der Waals surface area (Å²) in [5.74, 6) is 0.875. The van der Waals surface area contributed by atoms with Crippen LogP contribution < -0.4 is 25.4 Å². The van der Waals surface area contributed by atoms with E-state index in [4.69, 9.17) is 9.47 Å². The molecule has 1 unspecified atom stereocenters. The lowest BCUT2D eigenvalue weighted by molar-refractivity contribution is -0.130. The fourth-order valence-electron chi connectivity index (χ4n) is 5.22. The van der Waals surface area contributed by atoms with Crippen molar-refractivity contribution < 1.29 is 14.3 Å². The third-order valence-corrected chi connectivity index (χ3v) is 11.8. The van der Waals surface area contributed by atoms with Crippen molar-refractivity contribution in [3.63, 3.8) is 0 Å². The molecule has 5 aromatic carbocycles. The van der Waals surface area contributed by atoms with Crippen LogP contribution in [0, 0.1) is 0 Å². The molecule has 0 saturated heterocycles. The van der Waals surface area contributed by atoms with Gasteiger partial charge in [0.15, 0.2) is 0 Å². The van der Waals surface area contributed by atoms with Crippen molar-refractivity contribution in [1.29, 1.82) is 0 Å². The summed E-state index contributed by atoms with van der Waals surface area (Å²) in [4.78, 5) is 12.2. The first-order chi connectivity index (χ1) is 19.5. The molecule has 1 atom stereocenters. The molecular weight excluding hydrogens is 511 g/mol. The summed E-state index contributed by atoms with van der Waals surface area (Å²) >= 11 is 0. The Bertz CT molecular complexity index is 1470. The van der Waals surface area contributed by atoms with Crippen LogP contribution >= 0.6 is 7.26 Å². The van der Waals surface area contributed by atoms with Gasteiger partial charge in [-0.1, -0.05) is 85.4 Å². The van der Waals surface area contributed by atoms with Crippen molar-refractivity contribution in [3.05, 3.63) is 163 Å². The summed E-state index contributed by atoms with van der Waals surface area (Å²) in [6, 6.07) is 48.8. The van der Waals surface area contributed by atoms with Crippen LogP contribution in [-0.4, -0.2) is 13.1 Å². The van der Waals surface area contributed by atoms with Crippen LogP contribution in [0.3, 0.4) is 0 Å². The molecule has 0 radical (unpaired) electrons. The Kier molecular flexibility index (Phi) is 8.24. The summed E-state index contributed by atoms with van der Waals surface area (Å²) in [6.45, 7) is 5.35. The standard InChI is InChI=1S/C36H32O3P/c1-27(2)36(37)39-31-25-21-29(22-26-31)35(28-19-23-30(38-3)24-20-28)40(32-13-7-4-8-14-32,33-15-9-5-10-16-33)34-17-11-6-12-18-34/h4-26,35H,1H2,2-3H3/q+1. The van der Waals surface area contributed by atoms with Crippen LogP contribution in [0.25, 0.3) is 0 Å². The normalized spacial score (nSPS) is 11.8.